The minimum atomic E-state index is -4.90. The van der Waals surface area contributed by atoms with Crippen LogP contribution in [0.4, 0.5) is 23.2 Å². The Kier molecular flexibility index (Phi) is 7.56. The van der Waals surface area contributed by atoms with Gasteiger partial charge in [0.25, 0.3) is 5.91 Å². The van der Waals surface area contributed by atoms with Crippen molar-refractivity contribution in [2.24, 2.45) is 10.7 Å². The summed E-state index contributed by atoms with van der Waals surface area (Å²) in [6, 6.07) is 15.2. The fourth-order valence-electron chi connectivity index (χ4n) is 3.93. The molecule has 1 aliphatic rings. The fraction of sp³-hybridized carbons (Fsp3) is 0.222. The number of rotatable bonds is 7. The van der Waals surface area contributed by atoms with Crippen molar-refractivity contribution in [3.05, 3.63) is 89.5 Å². The zero-order valence-corrected chi connectivity index (χ0v) is 19.8. The molecule has 0 spiro atoms. The fourth-order valence-corrected chi connectivity index (χ4v) is 3.93. The number of hydrogen-bond acceptors (Lipinski definition) is 5. The van der Waals surface area contributed by atoms with E-state index < -0.39 is 23.4 Å². The van der Waals surface area contributed by atoms with Gasteiger partial charge in [0.2, 0.25) is 0 Å². The summed E-state index contributed by atoms with van der Waals surface area (Å²) in [4.78, 5) is 20.9. The van der Waals surface area contributed by atoms with Gasteiger partial charge in [-0.1, -0.05) is 25.1 Å². The van der Waals surface area contributed by atoms with Gasteiger partial charge in [0.05, 0.1) is 17.9 Å². The Balaban J connectivity index is 1.53. The van der Waals surface area contributed by atoms with E-state index in [2.05, 4.69) is 15.3 Å². The summed E-state index contributed by atoms with van der Waals surface area (Å²) in [6.07, 6.45) is -4.07. The smallest absolute Gasteiger partial charge is 0.434 e. The van der Waals surface area contributed by atoms with Crippen LogP contribution in [-0.2, 0) is 11.2 Å². The molecule has 0 bridgehead atoms. The highest BCUT2D eigenvalue weighted by molar-refractivity contribution is 6.24. The van der Waals surface area contributed by atoms with Crippen LogP contribution >= 0.6 is 0 Å². The number of amides is 1. The molecule has 37 heavy (non-hydrogen) atoms. The summed E-state index contributed by atoms with van der Waals surface area (Å²) in [7, 11) is 0. The third-order valence-electron chi connectivity index (χ3n) is 5.78. The number of ether oxygens (including phenoxy) is 1. The van der Waals surface area contributed by atoms with Gasteiger partial charge in [-0.25, -0.2) is 14.4 Å². The first kappa shape index (κ1) is 25.9. The van der Waals surface area contributed by atoms with Crippen LogP contribution in [0.2, 0.25) is 0 Å². The average molecular weight is 513 g/mol. The average Bonchev–Trinajstić information content (AvgIpc) is 3.24. The summed E-state index contributed by atoms with van der Waals surface area (Å²) in [5.41, 5.74) is 6.01. The standard InChI is InChI=1S/C27H24F4N4O2/c1-16-15-37-24-21(16)13-20(34-23(24)17-7-9-18(28)10-8-17)11-12-33-26(36)22(14-32)25(27(29,30)31)35-19-5-3-2-4-6-19/h2-10,13-14,16H,11-12,15,32H2,1H3,(H,33,36)/b22-14+,35-25?. The number of fused-ring (bicyclic) bond motifs is 1. The molecule has 1 amide bonds. The number of alkyl halides is 3. The van der Waals surface area contributed by atoms with Gasteiger partial charge in [0.1, 0.15) is 17.3 Å². The Morgan fingerprint density at radius 2 is 1.89 bits per heavy atom. The maximum absolute atomic E-state index is 13.7. The van der Waals surface area contributed by atoms with E-state index in [9.17, 15) is 22.4 Å². The second-order valence-corrected chi connectivity index (χ2v) is 8.48. The third-order valence-corrected chi connectivity index (χ3v) is 5.78. The molecule has 0 radical (unpaired) electrons. The predicted molar refractivity (Wildman–Crippen MR) is 132 cm³/mol. The van der Waals surface area contributed by atoms with Crippen LogP contribution in [-0.4, -0.2) is 35.9 Å². The summed E-state index contributed by atoms with van der Waals surface area (Å²) in [5.74, 6) is -0.675. The Morgan fingerprint density at radius 1 is 1.19 bits per heavy atom. The molecule has 0 aliphatic carbocycles. The molecule has 0 fully saturated rings. The Bertz CT molecular complexity index is 1340. The number of hydrogen-bond donors (Lipinski definition) is 2. The van der Waals surface area contributed by atoms with E-state index in [1.165, 1.54) is 36.4 Å². The van der Waals surface area contributed by atoms with Gasteiger partial charge >= 0.3 is 6.18 Å². The van der Waals surface area contributed by atoms with E-state index in [1.807, 2.05) is 13.0 Å². The number of nitrogens with two attached hydrogens (primary N) is 1. The highest BCUT2D eigenvalue weighted by Gasteiger charge is 2.40. The maximum atomic E-state index is 13.7. The minimum absolute atomic E-state index is 0.00344. The molecule has 1 aromatic heterocycles. The number of pyridine rings is 1. The van der Waals surface area contributed by atoms with Crippen molar-refractivity contribution in [1.29, 1.82) is 0 Å². The number of carbonyl (C=O) groups is 1. The molecule has 1 unspecified atom stereocenters. The van der Waals surface area contributed by atoms with Crippen molar-refractivity contribution in [3.63, 3.8) is 0 Å². The lowest BCUT2D eigenvalue weighted by atomic mass is 9.99. The van der Waals surface area contributed by atoms with E-state index in [0.29, 0.717) is 35.5 Å². The predicted octanol–water partition coefficient (Wildman–Crippen LogP) is 5.22. The van der Waals surface area contributed by atoms with Crippen LogP contribution in [0.3, 0.4) is 0 Å². The number of para-hydroxylation sites is 1. The van der Waals surface area contributed by atoms with Crippen LogP contribution < -0.4 is 15.8 Å². The molecule has 192 valence electrons. The Labute approximate surface area is 210 Å². The normalized spacial score (nSPS) is 15.8. The zero-order chi connectivity index (χ0) is 26.6. The maximum Gasteiger partial charge on any atom is 0.434 e. The summed E-state index contributed by atoms with van der Waals surface area (Å²) in [5, 5.41) is 2.48. The molecular formula is C27H24F4N4O2. The molecule has 1 aliphatic heterocycles. The van der Waals surface area contributed by atoms with Crippen LogP contribution in [0.25, 0.3) is 11.3 Å². The van der Waals surface area contributed by atoms with Crippen LogP contribution in [0.1, 0.15) is 24.1 Å². The van der Waals surface area contributed by atoms with Gasteiger partial charge in [-0.2, -0.15) is 13.2 Å². The summed E-state index contributed by atoms with van der Waals surface area (Å²) in [6.45, 7) is 2.46. The number of halogens is 4. The van der Waals surface area contributed by atoms with Gasteiger partial charge in [-0.15, -0.1) is 0 Å². The molecule has 3 N–H and O–H groups in total. The first-order valence-corrected chi connectivity index (χ1v) is 11.5. The molecule has 2 heterocycles. The minimum Gasteiger partial charge on any atom is -0.490 e. The lowest BCUT2D eigenvalue weighted by molar-refractivity contribution is -0.117. The third kappa shape index (κ3) is 5.96. The van der Waals surface area contributed by atoms with E-state index in [-0.39, 0.29) is 30.4 Å². The van der Waals surface area contributed by atoms with Crippen LogP contribution in [0.5, 0.6) is 5.75 Å². The van der Waals surface area contributed by atoms with Crippen molar-refractivity contribution in [1.82, 2.24) is 10.3 Å². The van der Waals surface area contributed by atoms with E-state index in [0.717, 1.165) is 5.56 Å². The second-order valence-electron chi connectivity index (χ2n) is 8.48. The van der Waals surface area contributed by atoms with E-state index >= 15 is 0 Å². The first-order valence-electron chi connectivity index (χ1n) is 11.5. The molecule has 6 nitrogen and oxygen atoms in total. The molecule has 1 atom stereocenters. The molecule has 10 heteroatoms. The SMILES string of the molecule is CC1COc2c1cc(CCNC(=O)/C(=C/N)C(=Nc1ccccc1)C(F)(F)F)nc2-c1ccc(F)cc1. The van der Waals surface area contributed by atoms with Crippen molar-refractivity contribution < 1.29 is 27.1 Å². The number of nitrogens with zero attached hydrogens (tertiary/aromatic N) is 2. The number of aliphatic imine (C=N–C) groups is 1. The van der Waals surface area contributed by atoms with Crippen LogP contribution in [0.15, 0.2) is 77.4 Å². The van der Waals surface area contributed by atoms with E-state index in [4.69, 9.17) is 10.5 Å². The number of aromatic nitrogens is 1. The molecule has 4 rings (SSSR count). The second kappa shape index (κ2) is 10.8. The van der Waals surface area contributed by atoms with Gasteiger partial charge in [0, 0.05) is 41.9 Å². The van der Waals surface area contributed by atoms with Crippen molar-refractivity contribution in [2.75, 3.05) is 13.2 Å². The van der Waals surface area contributed by atoms with E-state index in [1.54, 1.807) is 18.2 Å². The first-order chi connectivity index (χ1) is 17.7. The lowest BCUT2D eigenvalue weighted by Gasteiger charge is -2.15. The zero-order valence-electron chi connectivity index (χ0n) is 19.8. The summed E-state index contributed by atoms with van der Waals surface area (Å²) >= 11 is 0. The highest BCUT2D eigenvalue weighted by atomic mass is 19.4. The van der Waals surface area contributed by atoms with Crippen molar-refractivity contribution >= 4 is 17.3 Å². The monoisotopic (exact) mass is 512 g/mol. The quantitative estimate of drug-likeness (QED) is 0.258. The Morgan fingerprint density at radius 3 is 2.54 bits per heavy atom. The number of benzene rings is 2. The molecule has 3 aromatic rings. The lowest BCUT2D eigenvalue weighted by Crippen LogP contribution is -2.36. The van der Waals surface area contributed by atoms with Gasteiger partial charge < -0.3 is 15.8 Å². The number of carbonyl (C=O) groups excluding carboxylic acids is 1. The Hall–Kier alpha value is -4.21. The molecular weight excluding hydrogens is 488 g/mol. The largest absolute Gasteiger partial charge is 0.490 e. The van der Waals surface area contributed by atoms with Crippen LogP contribution in [0, 0.1) is 5.82 Å². The van der Waals surface area contributed by atoms with Crippen molar-refractivity contribution in [2.45, 2.75) is 25.4 Å². The van der Waals surface area contributed by atoms with Gasteiger partial charge in [0.15, 0.2) is 5.71 Å². The number of nitrogens with one attached hydrogen (secondary N) is 1. The molecule has 0 saturated carbocycles. The topological polar surface area (TPSA) is 89.6 Å². The summed E-state index contributed by atoms with van der Waals surface area (Å²) < 4.78 is 60.4. The van der Waals surface area contributed by atoms with Gasteiger partial charge in [-0.05, 0) is 42.5 Å². The molecule has 2 aromatic carbocycles. The highest BCUT2D eigenvalue weighted by Crippen LogP contribution is 2.41. The van der Waals surface area contributed by atoms with Gasteiger partial charge in [-0.3, -0.25) is 4.79 Å². The van der Waals surface area contributed by atoms with Crippen molar-refractivity contribution in [3.8, 4) is 17.0 Å². The molecule has 0 saturated heterocycles.